The van der Waals surface area contributed by atoms with Crippen molar-refractivity contribution in [1.82, 2.24) is 20.3 Å². The molecule has 0 spiro atoms. The van der Waals surface area contributed by atoms with Gasteiger partial charge in [-0.25, -0.2) is 15.0 Å². The van der Waals surface area contributed by atoms with Crippen molar-refractivity contribution in [2.45, 2.75) is 13.5 Å². The van der Waals surface area contributed by atoms with Gasteiger partial charge in [-0.3, -0.25) is 4.79 Å². The first-order valence-electron chi connectivity index (χ1n) is 7.03. The van der Waals surface area contributed by atoms with Gasteiger partial charge in [0, 0.05) is 18.1 Å². The maximum absolute atomic E-state index is 12.1. The third-order valence-corrected chi connectivity index (χ3v) is 3.85. The summed E-state index contributed by atoms with van der Waals surface area (Å²) in [5, 5.41) is 8.24. The summed E-state index contributed by atoms with van der Waals surface area (Å²) in [6.07, 6.45) is 3.09. The van der Waals surface area contributed by atoms with E-state index >= 15 is 0 Å². The van der Waals surface area contributed by atoms with E-state index in [0.717, 1.165) is 5.56 Å². The fraction of sp³-hybridized carbons (Fsp3) is 0.125. The first-order chi connectivity index (χ1) is 11.2. The molecule has 0 fully saturated rings. The zero-order valence-corrected chi connectivity index (χ0v) is 13.3. The minimum absolute atomic E-state index is 0.196. The molecule has 7 heteroatoms. The Morgan fingerprint density at radius 3 is 3.00 bits per heavy atom. The molecule has 0 unspecified atom stereocenters. The Bertz CT molecular complexity index is 803. The third-order valence-electron chi connectivity index (χ3n) is 3.09. The highest BCUT2D eigenvalue weighted by atomic mass is 32.1. The van der Waals surface area contributed by atoms with Crippen LogP contribution in [0.25, 0.3) is 0 Å². The van der Waals surface area contributed by atoms with Crippen LogP contribution in [0.3, 0.4) is 0 Å². The smallest absolute Gasteiger partial charge is 0.271 e. The van der Waals surface area contributed by atoms with E-state index in [2.05, 4.69) is 25.6 Å². The SMILES string of the molecule is Cc1cccc(CNC(=O)c2csc(Nc3ccncn3)n2)c1. The molecular formula is C16H15N5OS. The van der Waals surface area contributed by atoms with Crippen LogP contribution in [-0.2, 0) is 6.54 Å². The Morgan fingerprint density at radius 2 is 2.22 bits per heavy atom. The molecule has 116 valence electrons. The van der Waals surface area contributed by atoms with Crippen LogP contribution in [0.1, 0.15) is 21.6 Å². The monoisotopic (exact) mass is 325 g/mol. The number of amides is 1. The summed E-state index contributed by atoms with van der Waals surface area (Å²) in [4.78, 5) is 24.3. The number of hydrogen-bond donors (Lipinski definition) is 2. The first-order valence-corrected chi connectivity index (χ1v) is 7.91. The van der Waals surface area contributed by atoms with Gasteiger partial charge in [0.1, 0.15) is 17.8 Å². The molecule has 1 amide bonds. The first kappa shape index (κ1) is 15.1. The second kappa shape index (κ2) is 6.97. The van der Waals surface area contributed by atoms with Crippen molar-refractivity contribution in [1.29, 1.82) is 0 Å². The van der Waals surface area contributed by atoms with Crippen LogP contribution in [0.2, 0.25) is 0 Å². The number of nitrogens with one attached hydrogen (secondary N) is 2. The van der Waals surface area contributed by atoms with Crippen LogP contribution in [0, 0.1) is 6.92 Å². The van der Waals surface area contributed by atoms with Crippen molar-refractivity contribution < 1.29 is 4.79 Å². The van der Waals surface area contributed by atoms with Crippen molar-refractivity contribution in [3.05, 3.63) is 65.1 Å². The number of anilines is 2. The van der Waals surface area contributed by atoms with Crippen LogP contribution in [-0.4, -0.2) is 20.9 Å². The van der Waals surface area contributed by atoms with Gasteiger partial charge in [0.25, 0.3) is 5.91 Å². The van der Waals surface area contributed by atoms with Crippen molar-refractivity contribution in [2.24, 2.45) is 0 Å². The van der Waals surface area contributed by atoms with Crippen molar-refractivity contribution in [2.75, 3.05) is 5.32 Å². The molecule has 0 aliphatic heterocycles. The predicted molar refractivity (Wildman–Crippen MR) is 89.8 cm³/mol. The molecule has 0 radical (unpaired) electrons. The molecule has 0 atom stereocenters. The van der Waals surface area contributed by atoms with E-state index in [0.29, 0.717) is 23.2 Å². The lowest BCUT2D eigenvalue weighted by molar-refractivity contribution is 0.0946. The van der Waals surface area contributed by atoms with Crippen LogP contribution in [0.15, 0.2) is 48.2 Å². The number of aryl methyl sites for hydroxylation is 1. The molecule has 0 saturated heterocycles. The number of nitrogens with zero attached hydrogens (tertiary/aromatic N) is 3. The summed E-state index contributed by atoms with van der Waals surface area (Å²) in [6.45, 7) is 2.50. The van der Waals surface area contributed by atoms with Gasteiger partial charge in [0.15, 0.2) is 5.13 Å². The van der Waals surface area contributed by atoms with Crippen LogP contribution < -0.4 is 10.6 Å². The predicted octanol–water partition coefficient (Wildman–Crippen LogP) is 2.92. The molecule has 0 saturated carbocycles. The lowest BCUT2D eigenvalue weighted by Crippen LogP contribution is -2.23. The molecule has 6 nitrogen and oxygen atoms in total. The summed E-state index contributed by atoms with van der Waals surface area (Å²) < 4.78 is 0. The van der Waals surface area contributed by atoms with Gasteiger partial charge in [-0.2, -0.15) is 0 Å². The lowest BCUT2D eigenvalue weighted by Gasteiger charge is -2.04. The lowest BCUT2D eigenvalue weighted by atomic mass is 10.1. The molecule has 2 N–H and O–H groups in total. The fourth-order valence-corrected chi connectivity index (χ4v) is 2.70. The molecule has 23 heavy (non-hydrogen) atoms. The molecule has 0 aliphatic carbocycles. The zero-order chi connectivity index (χ0) is 16.1. The van der Waals surface area contributed by atoms with Gasteiger partial charge in [-0.15, -0.1) is 11.3 Å². The summed E-state index contributed by atoms with van der Waals surface area (Å²) in [5.74, 6) is 0.444. The molecular weight excluding hydrogens is 310 g/mol. The Kier molecular flexibility index (Phi) is 4.58. The van der Waals surface area contributed by atoms with Gasteiger partial charge in [0.2, 0.25) is 0 Å². The quantitative estimate of drug-likeness (QED) is 0.754. The summed E-state index contributed by atoms with van der Waals surface area (Å²) in [6, 6.07) is 9.76. The van der Waals surface area contributed by atoms with E-state index in [1.807, 2.05) is 31.2 Å². The Labute approximate surface area is 137 Å². The van der Waals surface area contributed by atoms with Crippen LogP contribution in [0.4, 0.5) is 10.9 Å². The van der Waals surface area contributed by atoms with E-state index in [1.165, 1.54) is 23.2 Å². The van der Waals surface area contributed by atoms with E-state index in [-0.39, 0.29) is 5.91 Å². The molecule has 3 rings (SSSR count). The average molecular weight is 325 g/mol. The number of thiazole rings is 1. The third kappa shape index (κ3) is 4.10. The number of benzene rings is 1. The largest absolute Gasteiger partial charge is 0.347 e. The zero-order valence-electron chi connectivity index (χ0n) is 12.5. The standard InChI is InChI=1S/C16H15N5OS/c1-11-3-2-4-12(7-11)8-18-15(22)13-9-23-16(20-13)21-14-5-6-17-10-19-14/h2-7,9-10H,8H2,1H3,(H,18,22)(H,17,19,20,21). The van der Waals surface area contributed by atoms with Gasteiger partial charge in [-0.05, 0) is 18.6 Å². The Morgan fingerprint density at radius 1 is 1.30 bits per heavy atom. The highest BCUT2D eigenvalue weighted by Crippen LogP contribution is 2.19. The van der Waals surface area contributed by atoms with Crippen molar-refractivity contribution >= 4 is 28.2 Å². The van der Waals surface area contributed by atoms with Crippen molar-refractivity contribution in [3.8, 4) is 0 Å². The molecule has 0 bridgehead atoms. The molecule has 1 aromatic carbocycles. The van der Waals surface area contributed by atoms with Gasteiger partial charge in [-0.1, -0.05) is 29.8 Å². The number of rotatable bonds is 5. The summed E-state index contributed by atoms with van der Waals surface area (Å²) in [5.41, 5.74) is 2.62. The summed E-state index contributed by atoms with van der Waals surface area (Å²) >= 11 is 1.35. The Hall–Kier alpha value is -2.80. The highest BCUT2D eigenvalue weighted by Gasteiger charge is 2.11. The van der Waals surface area contributed by atoms with Crippen molar-refractivity contribution in [3.63, 3.8) is 0 Å². The molecule has 2 heterocycles. The maximum atomic E-state index is 12.1. The second-order valence-electron chi connectivity index (χ2n) is 4.93. The van der Waals surface area contributed by atoms with Gasteiger partial charge in [0.05, 0.1) is 0 Å². The molecule has 2 aromatic heterocycles. The molecule has 0 aliphatic rings. The van der Waals surface area contributed by atoms with Gasteiger partial charge >= 0.3 is 0 Å². The van der Waals surface area contributed by atoms with E-state index in [1.54, 1.807) is 17.6 Å². The minimum atomic E-state index is -0.196. The maximum Gasteiger partial charge on any atom is 0.271 e. The number of aromatic nitrogens is 3. The summed E-state index contributed by atoms with van der Waals surface area (Å²) in [7, 11) is 0. The topological polar surface area (TPSA) is 79.8 Å². The second-order valence-corrected chi connectivity index (χ2v) is 5.79. The van der Waals surface area contributed by atoms with E-state index in [9.17, 15) is 4.79 Å². The highest BCUT2D eigenvalue weighted by molar-refractivity contribution is 7.14. The average Bonchev–Trinajstić information content (AvgIpc) is 3.02. The molecule has 3 aromatic rings. The number of carbonyl (C=O) groups excluding carboxylic acids is 1. The van der Waals surface area contributed by atoms with E-state index < -0.39 is 0 Å². The van der Waals surface area contributed by atoms with Crippen LogP contribution >= 0.6 is 11.3 Å². The van der Waals surface area contributed by atoms with E-state index in [4.69, 9.17) is 0 Å². The number of carbonyl (C=O) groups is 1. The number of hydrogen-bond acceptors (Lipinski definition) is 6. The minimum Gasteiger partial charge on any atom is -0.347 e. The van der Waals surface area contributed by atoms with Gasteiger partial charge < -0.3 is 10.6 Å². The fourth-order valence-electron chi connectivity index (χ4n) is 2.00. The normalized spacial score (nSPS) is 10.3. The Balaban J connectivity index is 1.60. The van der Waals surface area contributed by atoms with Crippen LogP contribution in [0.5, 0.6) is 0 Å².